The van der Waals surface area contributed by atoms with E-state index in [0.717, 1.165) is 13.1 Å². The summed E-state index contributed by atoms with van der Waals surface area (Å²) in [7, 11) is 1.45. The molecule has 3 heterocycles. The van der Waals surface area contributed by atoms with Crippen molar-refractivity contribution in [3.8, 4) is 5.75 Å². The summed E-state index contributed by atoms with van der Waals surface area (Å²) in [5, 5.41) is 9.17. The van der Waals surface area contributed by atoms with Gasteiger partial charge in [-0.15, -0.1) is 0 Å². The Morgan fingerprint density at radius 2 is 1.91 bits per heavy atom. The summed E-state index contributed by atoms with van der Waals surface area (Å²) in [5.41, 5.74) is 1.14. The number of nitrogens with zero attached hydrogens (tertiary/aromatic N) is 3. The normalized spacial score (nSPS) is 18.2. The van der Waals surface area contributed by atoms with Crippen LogP contribution in [0, 0.1) is 5.82 Å². The molecule has 9 nitrogen and oxygen atoms in total. The lowest BCUT2D eigenvalue weighted by molar-refractivity contribution is 0.0991. The van der Waals surface area contributed by atoms with Gasteiger partial charge < -0.3 is 30.0 Å². The van der Waals surface area contributed by atoms with Gasteiger partial charge in [-0.3, -0.25) is 4.79 Å². The van der Waals surface area contributed by atoms with E-state index in [1.807, 2.05) is 4.90 Å². The third kappa shape index (κ3) is 5.42. The van der Waals surface area contributed by atoms with Gasteiger partial charge in [0, 0.05) is 42.6 Å². The number of hydrogen-bond acceptors (Lipinski definition) is 8. The Kier molecular flexibility index (Phi) is 6.80. The van der Waals surface area contributed by atoms with Crippen molar-refractivity contribution in [1.29, 1.82) is 0 Å². The molecule has 0 spiro atoms. The minimum absolute atomic E-state index is 0.0544. The van der Waals surface area contributed by atoms with Crippen molar-refractivity contribution < 1.29 is 18.3 Å². The number of ether oxygens (including phenoxy) is 1. The standard InChI is InChI=1S/C22H24BrFN6O3/c1-12-10-30(11-13(2)26-12)22-25-9-16(24)20(29-22)27-14-4-6-15(7-5-14)28-21(31)19-17(32-3)8-18(23)33-19/h4-9,12-13,26H,10-11H2,1-3H3,(H,28,31)(H,25,27,29)/t12-,13+. The average Bonchev–Trinajstić information content (AvgIpc) is 3.17. The predicted molar refractivity (Wildman–Crippen MR) is 127 cm³/mol. The lowest BCUT2D eigenvalue weighted by Crippen LogP contribution is -2.54. The molecule has 2 aromatic heterocycles. The van der Waals surface area contributed by atoms with Gasteiger partial charge in [0.05, 0.1) is 13.3 Å². The molecule has 11 heteroatoms. The van der Waals surface area contributed by atoms with E-state index < -0.39 is 11.7 Å². The zero-order chi connectivity index (χ0) is 23.5. The average molecular weight is 519 g/mol. The topological polar surface area (TPSA) is 105 Å². The van der Waals surface area contributed by atoms with E-state index >= 15 is 0 Å². The molecule has 1 aliphatic rings. The van der Waals surface area contributed by atoms with Gasteiger partial charge in [-0.25, -0.2) is 9.37 Å². The van der Waals surface area contributed by atoms with Crippen LogP contribution in [0.4, 0.5) is 27.5 Å². The number of methoxy groups -OCH3 is 1. The molecule has 3 N–H and O–H groups in total. The van der Waals surface area contributed by atoms with Gasteiger partial charge in [0.2, 0.25) is 11.7 Å². The van der Waals surface area contributed by atoms with Crippen LogP contribution in [0.15, 0.2) is 45.6 Å². The number of anilines is 4. The summed E-state index contributed by atoms with van der Waals surface area (Å²) < 4.78 is 25.2. The second-order valence-electron chi connectivity index (χ2n) is 7.84. The molecule has 33 heavy (non-hydrogen) atoms. The van der Waals surface area contributed by atoms with Crippen LogP contribution in [0.2, 0.25) is 0 Å². The summed E-state index contributed by atoms with van der Waals surface area (Å²) in [6.45, 7) is 5.65. The molecular formula is C22H24BrFN6O3. The number of nitrogens with one attached hydrogen (secondary N) is 3. The zero-order valence-corrected chi connectivity index (χ0v) is 19.9. The fraction of sp³-hybridized carbons (Fsp3) is 0.318. The van der Waals surface area contributed by atoms with E-state index in [1.54, 1.807) is 30.3 Å². The Balaban J connectivity index is 1.45. The highest BCUT2D eigenvalue weighted by Crippen LogP contribution is 2.28. The maximum Gasteiger partial charge on any atom is 0.295 e. The van der Waals surface area contributed by atoms with Crippen molar-refractivity contribution >= 4 is 45.0 Å². The number of hydrogen-bond donors (Lipinski definition) is 3. The largest absolute Gasteiger partial charge is 0.492 e. The van der Waals surface area contributed by atoms with Crippen LogP contribution in [0.1, 0.15) is 24.4 Å². The Morgan fingerprint density at radius 1 is 1.24 bits per heavy atom. The first-order valence-corrected chi connectivity index (χ1v) is 11.2. The highest BCUT2D eigenvalue weighted by Gasteiger charge is 2.24. The smallest absolute Gasteiger partial charge is 0.295 e. The van der Waals surface area contributed by atoms with Gasteiger partial charge in [-0.1, -0.05) is 0 Å². The molecule has 0 aliphatic carbocycles. The van der Waals surface area contributed by atoms with Crippen molar-refractivity contribution in [3.05, 3.63) is 52.8 Å². The van der Waals surface area contributed by atoms with E-state index in [4.69, 9.17) is 9.15 Å². The summed E-state index contributed by atoms with van der Waals surface area (Å²) in [6, 6.07) is 8.91. The molecule has 1 saturated heterocycles. The van der Waals surface area contributed by atoms with E-state index in [9.17, 15) is 9.18 Å². The molecule has 0 unspecified atom stereocenters. The zero-order valence-electron chi connectivity index (χ0n) is 18.4. The Morgan fingerprint density at radius 3 is 2.58 bits per heavy atom. The summed E-state index contributed by atoms with van der Waals surface area (Å²) in [5.74, 6) is -0.0749. The highest BCUT2D eigenvalue weighted by atomic mass is 79.9. The van der Waals surface area contributed by atoms with Gasteiger partial charge >= 0.3 is 0 Å². The molecule has 0 saturated carbocycles. The van der Waals surface area contributed by atoms with Crippen molar-refractivity contribution in [1.82, 2.24) is 15.3 Å². The number of amides is 1. The number of carbonyl (C=O) groups excluding carboxylic acids is 1. The molecule has 0 bridgehead atoms. The summed E-state index contributed by atoms with van der Waals surface area (Å²) in [4.78, 5) is 23.1. The number of benzene rings is 1. The second-order valence-corrected chi connectivity index (χ2v) is 8.63. The third-order valence-corrected chi connectivity index (χ3v) is 5.46. The van der Waals surface area contributed by atoms with Crippen molar-refractivity contribution in [2.24, 2.45) is 0 Å². The van der Waals surface area contributed by atoms with Crippen LogP contribution in [-0.4, -0.2) is 48.2 Å². The van der Waals surface area contributed by atoms with Crippen LogP contribution in [0.25, 0.3) is 0 Å². The van der Waals surface area contributed by atoms with Gasteiger partial charge in [-0.05, 0) is 54.0 Å². The minimum atomic E-state index is -0.553. The number of furan rings is 1. The number of halogens is 2. The van der Waals surface area contributed by atoms with Crippen molar-refractivity contribution in [2.45, 2.75) is 25.9 Å². The van der Waals surface area contributed by atoms with Crippen LogP contribution in [0.5, 0.6) is 5.75 Å². The fourth-order valence-corrected chi connectivity index (χ4v) is 4.07. The Hall–Kier alpha value is -3.18. The number of rotatable bonds is 6. The van der Waals surface area contributed by atoms with Gasteiger partial charge in [0.1, 0.15) is 0 Å². The van der Waals surface area contributed by atoms with Gasteiger partial charge in [0.25, 0.3) is 5.91 Å². The van der Waals surface area contributed by atoms with E-state index in [-0.39, 0.29) is 23.7 Å². The number of carbonyl (C=O) groups is 1. The number of piperazine rings is 1. The minimum Gasteiger partial charge on any atom is -0.492 e. The maximum atomic E-state index is 14.4. The van der Waals surface area contributed by atoms with Crippen LogP contribution >= 0.6 is 15.9 Å². The maximum absolute atomic E-state index is 14.4. The van der Waals surface area contributed by atoms with Gasteiger partial charge in [-0.2, -0.15) is 4.98 Å². The third-order valence-electron chi connectivity index (χ3n) is 5.07. The lowest BCUT2D eigenvalue weighted by Gasteiger charge is -2.36. The van der Waals surface area contributed by atoms with Crippen molar-refractivity contribution in [3.63, 3.8) is 0 Å². The second kappa shape index (κ2) is 9.75. The van der Waals surface area contributed by atoms with E-state index in [1.165, 1.54) is 13.3 Å². The molecule has 1 amide bonds. The summed E-state index contributed by atoms with van der Waals surface area (Å²) >= 11 is 3.18. The molecule has 1 fully saturated rings. The van der Waals surface area contributed by atoms with Crippen LogP contribution in [0.3, 0.4) is 0 Å². The molecular weight excluding hydrogens is 495 g/mol. The molecule has 4 rings (SSSR count). The lowest BCUT2D eigenvalue weighted by atomic mass is 10.1. The monoisotopic (exact) mass is 518 g/mol. The molecule has 174 valence electrons. The van der Waals surface area contributed by atoms with Crippen LogP contribution in [-0.2, 0) is 0 Å². The Bertz CT molecular complexity index is 1130. The first-order valence-electron chi connectivity index (χ1n) is 10.4. The van der Waals surface area contributed by atoms with Crippen LogP contribution < -0.4 is 25.6 Å². The molecule has 2 atom stereocenters. The SMILES string of the molecule is COc1cc(Br)oc1C(=O)Nc1ccc(Nc2nc(N3C[C@@H](C)N[C@@H](C)C3)ncc2F)cc1. The molecule has 0 radical (unpaired) electrons. The van der Waals surface area contributed by atoms with Gasteiger partial charge in [0.15, 0.2) is 22.1 Å². The predicted octanol–water partition coefficient (Wildman–Crippen LogP) is 4.16. The highest BCUT2D eigenvalue weighted by molar-refractivity contribution is 9.10. The van der Waals surface area contributed by atoms with E-state index in [2.05, 4.69) is 55.7 Å². The fourth-order valence-electron chi connectivity index (χ4n) is 3.71. The first-order chi connectivity index (χ1) is 15.8. The van der Waals surface area contributed by atoms with Crippen molar-refractivity contribution in [2.75, 3.05) is 35.7 Å². The quantitative estimate of drug-likeness (QED) is 0.446. The molecule has 1 aromatic carbocycles. The van der Waals surface area contributed by atoms with E-state index in [0.29, 0.717) is 27.7 Å². The summed E-state index contributed by atoms with van der Waals surface area (Å²) in [6.07, 6.45) is 1.17. The molecule has 1 aliphatic heterocycles. The number of aromatic nitrogens is 2. The first kappa shape index (κ1) is 23.0. The molecule has 3 aromatic rings. The Labute approximate surface area is 198 Å².